The molecule has 0 fully saturated rings. The van der Waals surface area contributed by atoms with Crippen molar-refractivity contribution in [2.75, 3.05) is 20.1 Å². The third-order valence-corrected chi connectivity index (χ3v) is 3.60. The fourth-order valence-electron chi connectivity index (χ4n) is 1.39. The Balaban J connectivity index is 2.46. The molecule has 0 spiro atoms. The Morgan fingerprint density at radius 2 is 2.00 bits per heavy atom. The molecule has 16 heavy (non-hydrogen) atoms. The lowest BCUT2D eigenvalue weighted by atomic mass is 9.79. The molecule has 0 aliphatic carbocycles. The summed E-state index contributed by atoms with van der Waals surface area (Å²) < 4.78 is 5.83. The minimum absolute atomic E-state index is 0.517. The normalized spacial score (nSPS) is 19.5. The summed E-state index contributed by atoms with van der Waals surface area (Å²) in [7, 11) is 2.75. The summed E-state index contributed by atoms with van der Waals surface area (Å²) in [5.74, 6) is 0. The number of nitrogens with zero attached hydrogens (tertiary/aromatic N) is 1. The first-order chi connectivity index (χ1) is 7.22. The molecule has 0 atom stereocenters. The minimum Gasteiger partial charge on any atom is -0.427 e. The van der Waals surface area contributed by atoms with E-state index in [2.05, 4.69) is 18.0 Å². The molecule has 4 heteroatoms. The number of hydrogen-bond donors (Lipinski definition) is 1. The SMILES string of the molecule is CN1CC=C(BOC(C)(C)C(C)(C)O)CC1. The maximum Gasteiger partial charge on any atom is 0.305 e. The zero-order valence-corrected chi connectivity index (χ0v) is 11.2. The first-order valence-corrected chi connectivity index (χ1v) is 5.95. The van der Waals surface area contributed by atoms with E-state index in [0.29, 0.717) is 7.48 Å². The maximum absolute atomic E-state index is 9.96. The van der Waals surface area contributed by atoms with E-state index < -0.39 is 11.2 Å². The number of likely N-dealkylation sites (N-methyl/N-ethyl adjacent to an activating group) is 1. The van der Waals surface area contributed by atoms with Crippen LogP contribution in [0.4, 0.5) is 0 Å². The van der Waals surface area contributed by atoms with Gasteiger partial charge in [-0.15, -0.1) is 0 Å². The van der Waals surface area contributed by atoms with Gasteiger partial charge in [0.1, 0.15) is 0 Å². The van der Waals surface area contributed by atoms with Crippen LogP contribution in [0.5, 0.6) is 0 Å². The maximum atomic E-state index is 9.96. The Labute approximate surface area is 99.7 Å². The quantitative estimate of drug-likeness (QED) is 0.728. The van der Waals surface area contributed by atoms with Gasteiger partial charge in [-0.1, -0.05) is 11.5 Å². The van der Waals surface area contributed by atoms with Crippen LogP contribution in [0.25, 0.3) is 0 Å². The number of hydrogen-bond acceptors (Lipinski definition) is 3. The molecule has 0 aromatic heterocycles. The Bertz CT molecular complexity index is 269. The van der Waals surface area contributed by atoms with E-state index in [-0.39, 0.29) is 0 Å². The van der Waals surface area contributed by atoms with E-state index in [1.165, 1.54) is 5.47 Å². The third-order valence-electron chi connectivity index (χ3n) is 3.60. The average Bonchev–Trinajstić information content (AvgIpc) is 2.15. The lowest BCUT2D eigenvalue weighted by Crippen LogP contribution is -2.48. The second kappa shape index (κ2) is 4.90. The van der Waals surface area contributed by atoms with Gasteiger partial charge in [0.15, 0.2) is 0 Å². The smallest absolute Gasteiger partial charge is 0.305 e. The van der Waals surface area contributed by atoms with Gasteiger partial charge in [-0.2, -0.15) is 0 Å². The molecule has 1 aliphatic heterocycles. The van der Waals surface area contributed by atoms with E-state index in [1.807, 2.05) is 13.8 Å². The van der Waals surface area contributed by atoms with Crippen molar-refractivity contribution in [1.82, 2.24) is 4.90 Å². The van der Waals surface area contributed by atoms with Crippen molar-refractivity contribution < 1.29 is 9.76 Å². The average molecular weight is 225 g/mol. The largest absolute Gasteiger partial charge is 0.427 e. The zero-order valence-electron chi connectivity index (χ0n) is 11.2. The molecule has 1 rings (SSSR count). The number of aliphatic hydroxyl groups is 1. The van der Waals surface area contributed by atoms with Crippen molar-refractivity contribution in [3.63, 3.8) is 0 Å². The van der Waals surface area contributed by atoms with Crippen LogP contribution in [-0.2, 0) is 4.65 Å². The molecule has 3 nitrogen and oxygen atoms in total. The van der Waals surface area contributed by atoms with E-state index in [0.717, 1.165) is 19.5 Å². The summed E-state index contributed by atoms with van der Waals surface area (Å²) >= 11 is 0. The fraction of sp³-hybridized carbons (Fsp3) is 0.833. The van der Waals surface area contributed by atoms with Crippen molar-refractivity contribution >= 4 is 7.48 Å². The van der Waals surface area contributed by atoms with Crippen molar-refractivity contribution in [3.8, 4) is 0 Å². The van der Waals surface area contributed by atoms with Gasteiger partial charge in [-0.05, 0) is 41.2 Å². The minimum atomic E-state index is -0.820. The van der Waals surface area contributed by atoms with Gasteiger partial charge in [0.05, 0.1) is 11.2 Å². The summed E-state index contributed by atoms with van der Waals surface area (Å²) in [5.41, 5.74) is 0.00589. The first-order valence-electron chi connectivity index (χ1n) is 5.95. The summed E-state index contributed by atoms with van der Waals surface area (Å²) in [5, 5.41) is 9.96. The van der Waals surface area contributed by atoms with Gasteiger partial charge in [0.2, 0.25) is 0 Å². The zero-order chi connectivity index (χ0) is 12.4. The van der Waals surface area contributed by atoms with Crippen molar-refractivity contribution in [2.45, 2.75) is 45.3 Å². The highest BCUT2D eigenvalue weighted by Gasteiger charge is 2.35. The van der Waals surface area contributed by atoms with Crippen molar-refractivity contribution in [1.29, 1.82) is 0 Å². The Hall–Kier alpha value is -0.315. The van der Waals surface area contributed by atoms with E-state index in [1.54, 1.807) is 13.8 Å². The lowest BCUT2D eigenvalue weighted by molar-refractivity contribution is -0.0897. The van der Waals surface area contributed by atoms with Gasteiger partial charge in [0, 0.05) is 13.1 Å². The predicted molar refractivity (Wildman–Crippen MR) is 68.8 cm³/mol. The molecule has 1 heterocycles. The van der Waals surface area contributed by atoms with Crippen LogP contribution in [0.2, 0.25) is 0 Å². The Morgan fingerprint density at radius 3 is 2.44 bits per heavy atom. The summed E-state index contributed by atoms with van der Waals surface area (Å²) in [6.07, 6.45) is 3.29. The van der Waals surface area contributed by atoms with Crippen LogP contribution >= 0.6 is 0 Å². The fourth-order valence-corrected chi connectivity index (χ4v) is 1.39. The molecule has 0 radical (unpaired) electrons. The van der Waals surface area contributed by atoms with Crippen molar-refractivity contribution in [2.24, 2.45) is 0 Å². The summed E-state index contributed by atoms with van der Waals surface area (Å²) in [6, 6.07) is 0. The molecule has 0 saturated heterocycles. The molecule has 0 unspecified atom stereocenters. The molecular formula is C12H24BNO2. The van der Waals surface area contributed by atoms with E-state index >= 15 is 0 Å². The van der Waals surface area contributed by atoms with E-state index in [4.69, 9.17) is 4.65 Å². The molecule has 0 amide bonds. The molecule has 0 saturated carbocycles. The van der Waals surface area contributed by atoms with Crippen LogP contribution in [0.15, 0.2) is 11.5 Å². The van der Waals surface area contributed by atoms with Crippen LogP contribution in [-0.4, -0.2) is 48.8 Å². The van der Waals surface area contributed by atoms with Crippen LogP contribution in [0, 0.1) is 0 Å². The van der Waals surface area contributed by atoms with Gasteiger partial charge in [0.25, 0.3) is 0 Å². The van der Waals surface area contributed by atoms with Gasteiger partial charge < -0.3 is 14.7 Å². The molecule has 1 N–H and O–H groups in total. The predicted octanol–water partition coefficient (Wildman–Crippen LogP) is 1.12. The van der Waals surface area contributed by atoms with Gasteiger partial charge in [-0.3, -0.25) is 0 Å². The molecule has 1 aliphatic rings. The van der Waals surface area contributed by atoms with Crippen molar-refractivity contribution in [3.05, 3.63) is 11.5 Å². The standard InChI is InChI=1S/C12H24BNO2/c1-11(2,15)12(3,4)16-13-10-6-8-14(5)9-7-10/h6,13,15H,7-9H2,1-5H3. The van der Waals surface area contributed by atoms with Gasteiger partial charge in [-0.25, -0.2) is 0 Å². The van der Waals surface area contributed by atoms with Crippen LogP contribution < -0.4 is 0 Å². The van der Waals surface area contributed by atoms with Gasteiger partial charge >= 0.3 is 7.48 Å². The molecule has 0 aromatic rings. The summed E-state index contributed by atoms with van der Waals surface area (Å²) in [4.78, 5) is 2.28. The second-order valence-electron chi connectivity index (χ2n) is 5.73. The van der Waals surface area contributed by atoms with E-state index in [9.17, 15) is 5.11 Å². The highest BCUT2D eigenvalue weighted by Crippen LogP contribution is 2.25. The molecule has 92 valence electrons. The topological polar surface area (TPSA) is 32.7 Å². The Kier molecular flexibility index (Phi) is 4.21. The molecule has 0 bridgehead atoms. The highest BCUT2D eigenvalue weighted by molar-refractivity contribution is 6.38. The lowest BCUT2D eigenvalue weighted by Gasteiger charge is -2.38. The molecular weight excluding hydrogens is 201 g/mol. The monoisotopic (exact) mass is 225 g/mol. The first kappa shape index (κ1) is 13.7. The van der Waals surface area contributed by atoms with Crippen LogP contribution in [0.3, 0.4) is 0 Å². The Morgan fingerprint density at radius 1 is 1.38 bits per heavy atom. The molecule has 0 aromatic carbocycles. The van der Waals surface area contributed by atoms with Crippen LogP contribution in [0.1, 0.15) is 34.1 Å². The second-order valence-corrected chi connectivity index (χ2v) is 5.73. The number of rotatable bonds is 4. The summed E-state index contributed by atoms with van der Waals surface area (Å²) in [6.45, 7) is 9.54. The third kappa shape index (κ3) is 3.61. The highest BCUT2D eigenvalue weighted by atomic mass is 16.5.